The standard InChI is InChI=1S/C19H22N2O2/c1-14-3-5-15(6-4-14)16-7-8-17(19-20-9-10-21-19)18(13-16)23-12-11-22-2/h3-8,13H,9-12H2,1-2H3,(H,20,21). The summed E-state index contributed by atoms with van der Waals surface area (Å²) in [6, 6.07) is 14.8. The van der Waals surface area contributed by atoms with Gasteiger partial charge in [0.1, 0.15) is 18.2 Å². The Hall–Kier alpha value is -2.33. The SMILES string of the molecule is COCCOc1cc(-c2ccc(C)cc2)ccc1C1=NCCN1. The molecule has 4 heteroatoms. The molecule has 0 aromatic heterocycles. The van der Waals surface area contributed by atoms with Gasteiger partial charge in [-0.15, -0.1) is 0 Å². The minimum atomic E-state index is 0.522. The van der Waals surface area contributed by atoms with Crippen molar-refractivity contribution in [2.45, 2.75) is 6.92 Å². The third-order valence-corrected chi connectivity index (χ3v) is 3.84. The summed E-state index contributed by atoms with van der Waals surface area (Å²) in [4.78, 5) is 4.50. The molecule has 3 rings (SSSR count). The van der Waals surface area contributed by atoms with Crippen LogP contribution in [0.25, 0.3) is 11.1 Å². The minimum Gasteiger partial charge on any atom is -0.490 e. The van der Waals surface area contributed by atoms with Gasteiger partial charge < -0.3 is 14.8 Å². The second kappa shape index (κ2) is 7.29. The molecule has 1 aliphatic heterocycles. The topological polar surface area (TPSA) is 42.9 Å². The highest BCUT2D eigenvalue weighted by molar-refractivity contribution is 6.02. The molecule has 0 unspecified atom stereocenters. The number of hydrogen-bond donors (Lipinski definition) is 1. The van der Waals surface area contributed by atoms with Crippen LogP contribution in [0.1, 0.15) is 11.1 Å². The van der Waals surface area contributed by atoms with Crippen molar-refractivity contribution in [2.24, 2.45) is 4.99 Å². The summed E-state index contributed by atoms with van der Waals surface area (Å²) in [5, 5.41) is 3.31. The summed E-state index contributed by atoms with van der Waals surface area (Å²) >= 11 is 0. The molecule has 0 spiro atoms. The molecule has 0 saturated carbocycles. The summed E-state index contributed by atoms with van der Waals surface area (Å²) in [5.41, 5.74) is 4.58. The quantitative estimate of drug-likeness (QED) is 0.834. The van der Waals surface area contributed by atoms with Gasteiger partial charge in [0.2, 0.25) is 0 Å². The van der Waals surface area contributed by atoms with Crippen molar-refractivity contribution < 1.29 is 9.47 Å². The Labute approximate surface area is 137 Å². The van der Waals surface area contributed by atoms with Crippen LogP contribution in [0.15, 0.2) is 47.5 Å². The molecule has 0 aliphatic carbocycles. The van der Waals surface area contributed by atoms with E-state index in [1.165, 1.54) is 11.1 Å². The zero-order chi connectivity index (χ0) is 16.1. The number of benzene rings is 2. The van der Waals surface area contributed by atoms with E-state index in [0.717, 1.165) is 35.8 Å². The lowest BCUT2D eigenvalue weighted by Gasteiger charge is -2.14. The van der Waals surface area contributed by atoms with Gasteiger partial charge in [-0.25, -0.2) is 0 Å². The number of amidine groups is 1. The van der Waals surface area contributed by atoms with Gasteiger partial charge >= 0.3 is 0 Å². The highest BCUT2D eigenvalue weighted by atomic mass is 16.5. The molecule has 0 bridgehead atoms. The fourth-order valence-corrected chi connectivity index (χ4v) is 2.58. The molecule has 0 amide bonds. The predicted molar refractivity (Wildman–Crippen MR) is 93.4 cm³/mol. The highest BCUT2D eigenvalue weighted by Crippen LogP contribution is 2.28. The van der Waals surface area contributed by atoms with Gasteiger partial charge in [0.05, 0.1) is 18.7 Å². The van der Waals surface area contributed by atoms with E-state index in [4.69, 9.17) is 9.47 Å². The van der Waals surface area contributed by atoms with Gasteiger partial charge in [-0.3, -0.25) is 4.99 Å². The number of nitrogens with one attached hydrogen (secondary N) is 1. The number of aryl methyl sites for hydroxylation is 1. The first kappa shape index (κ1) is 15.6. The minimum absolute atomic E-state index is 0.522. The van der Waals surface area contributed by atoms with Gasteiger partial charge in [0.25, 0.3) is 0 Å². The van der Waals surface area contributed by atoms with Crippen LogP contribution >= 0.6 is 0 Å². The third kappa shape index (κ3) is 3.71. The zero-order valence-electron chi connectivity index (χ0n) is 13.6. The predicted octanol–water partition coefficient (Wildman–Crippen LogP) is 3.04. The van der Waals surface area contributed by atoms with Crippen molar-refractivity contribution in [1.82, 2.24) is 5.32 Å². The molecule has 0 saturated heterocycles. The Morgan fingerprint density at radius 2 is 1.83 bits per heavy atom. The number of methoxy groups -OCH3 is 1. The van der Waals surface area contributed by atoms with E-state index in [9.17, 15) is 0 Å². The van der Waals surface area contributed by atoms with E-state index in [0.29, 0.717) is 13.2 Å². The fourth-order valence-electron chi connectivity index (χ4n) is 2.58. The van der Waals surface area contributed by atoms with E-state index in [2.05, 4.69) is 59.7 Å². The van der Waals surface area contributed by atoms with Crippen LogP contribution in [0.3, 0.4) is 0 Å². The summed E-state index contributed by atoms with van der Waals surface area (Å²) in [7, 11) is 1.68. The van der Waals surface area contributed by atoms with Crippen molar-refractivity contribution >= 4 is 5.84 Å². The molecular weight excluding hydrogens is 288 g/mol. The van der Waals surface area contributed by atoms with Gasteiger partial charge in [0.15, 0.2) is 0 Å². The Balaban J connectivity index is 1.93. The molecule has 0 atom stereocenters. The Morgan fingerprint density at radius 1 is 1.04 bits per heavy atom. The molecule has 1 aliphatic rings. The first-order valence-corrected chi connectivity index (χ1v) is 7.89. The zero-order valence-corrected chi connectivity index (χ0v) is 13.6. The average molecular weight is 310 g/mol. The average Bonchev–Trinajstić information content (AvgIpc) is 3.10. The van der Waals surface area contributed by atoms with Gasteiger partial charge in [-0.2, -0.15) is 0 Å². The van der Waals surface area contributed by atoms with Crippen molar-refractivity contribution in [1.29, 1.82) is 0 Å². The smallest absolute Gasteiger partial charge is 0.132 e. The van der Waals surface area contributed by atoms with Gasteiger partial charge in [-0.05, 0) is 30.2 Å². The molecule has 0 fully saturated rings. The summed E-state index contributed by atoms with van der Waals surface area (Å²) in [5.74, 6) is 1.75. The monoisotopic (exact) mass is 310 g/mol. The lowest BCUT2D eigenvalue weighted by Crippen LogP contribution is -2.20. The third-order valence-electron chi connectivity index (χ3n) is 3.84. The highest BCUT2D eigenvalue weighted by Gasteiger charge is 2.15. The van der Waals surface area contributed by atoms with Crippen molar-refractivity contribution in [2.75, 3.05) is 33.4 Å². The van der Waals surface area contributed by atoms with Crippen molar-refractivity contribution in [3.05, 3.63) is 53.6 Å². The van der Waals surface area contributed by atoms with Crippen LogP contribution < -0.4 is 10.1 Å². The maximum Gasteiger partial charge on any atom is 0.132 e. The van der Waals surface area contributed by atoms with Crippen LogP contribution in [-0.2, 0) is 4.74 Å². The maximum atomic E-state index is 5.93. The Morgan fingerprint density at radius 3 is 2.52 bits per heavy atom. The number of nitrogens with zero attached hydrogens (tertiary/aromatic N) is 1. The molecule has 2 aromatic rings. The van der Waals surface area contributed by atoms with E-state index in [1.54, 1.807) is 7.11 Å². The lowest BCUT2D eigenvalue weighted by atomic mass is 10.0. The van der Waals surface area contributed by atoms with Gasteiger partial charge in [-0.1, -0.05) is 35.9 Å². The van der Waals surface area contributed by atoms with Crippen molar-refractivity contribution in [3.8, 4) is 16.9 Å². The summed E-state index contributed by atoms with van der Waals surface area (Å²) in [6.07, 6.45) is 0. The number of aliphatic imine (C=N–C) groups is 1. The van der Waals surface area contributed by atoms with E-state index < -0.39 is 0 Å². The first-order valence-electron chi connectivity index (χ1n) is 7.89. The summed E-state index contributed by atoms with van der Waals surface area (Å²) in [6.45, 7) is 4.87. The molecule has 1 N–H and O–H groups in total. The lowest BCUT2D eigenvalue weighted by molar-refractivity contribution is 0.146. The van der Waals surface area contributed by atoms with Gasteiger partial charge in [0, 0.05) is 13.7 Å². The molecule has 1 heterocycles. The van der Waals surface area contributed by atoms with Crippen LogP contribution in [-0.4, -0.2) is 39.2 Å². The number of hydrogen-bond acceptors (Lipinski definition) is 4. The van der Waals surface area contributed by atoms with Crippen LogP contribution in [0.4, 0.5) is 0 Å². The second-order valence-electron chi connectivity index (χ2n) is 5.58. The van der Waals surface area contributed by atoms with E-state index >= 15 is 0 Å². The van der Waals surface area contributed by atoms with Crippen LogP contribution in [0, 0.1) is 6.92 Å². The van der Waals surface area contributed by atoms with Crippen LogP contribution in [0.2, 0.25) is 0 Å². The van der Waals surface area contributed by atoms with Crippen LogP contribution in [0.5, 0.6) is 5.75 Å². The second-order valence-corrected chi connectivity index (χ2v) is 5.58. The fraction of sp³-hybridized carbons (Fsp3) is 0.316. The largest absolute Gasteiger partial charge is 0.490 e. The summed E-state index contributed by atoms with van der Waals surface area (Å²) < 4.78 is 11.0. The number of rotatable bonds is 6. The molecule has 23 heavy (non-hydrogen) atoms. The maximum absolute atomic E-state index is 5.93. The Kier molecular flexibility index (Phi) is 4.93. The number of ether oxygens (including phenoxy) is 2. The first-order chi connectivity index (χ1) is 11.3. The Bertz CT molecular complexity index is 693. The normalized spacial score (nSPS) is 13.6. The molecule has 0 radical (unpaired) electrons. The molecule has 120 valence electrons. The van der Waals surface area contributed by atoms with Crippen molar-refractivity contribution in [3.63, 3.8) is 0 Å². The van der Waals surface area contributed by atoms with E-state index in [1.807, 2.05) is 0 Å². The van der Waals surface area contributed by atoms with E-state index in [-0.39, 0.29) is 0 Å². The molecular formula is C19H22N2O2. The molecule has 4 nitrogen and oxygen atoms in total. The molecule has 2 aromatic carbocycles.